The smallest absolute Gasteiger partial charge is 0.319 e. The van der Waals surface area contributed by atoms with E-state index < -0.39 is 11.8 Å². The first-order chi connectivity index (χ1) is 10.4. The van der Waals surface area contributed by atoms with Gasteiger partial charge in [0.1, 0.15) is 5.82 Å². The lowest BCUT2D eigenvalue weighted by Gasteiger charge is -2.17. The van der Waals surface area contributed by atoms with Crippen LogP contribution in [-0.2, 0) is 0 Å². The Kier molecular flexibility index (Phi) is 5.03. The summed E-state index contributed by atoms with van der Waals surface area (Å²) in [6, 6.07) is 9.50. The van der Waals surface area contributed by atoms with E-state index in [4.69, 9.17) is 11.6 Å². The summed E-state index contributed by atoms with van der Waals surface area (Å²) >= 11 is 5.68. The molecule has 0 unspecified atom stereocenters. The first kappa shape index (κ1) is 16.3. The van der Waals surface area contributed by atoms with Crippen molar-refractivity contribution in [2.24, 2.45) is 0 Å². The third-order valence-electron chi connectivity index (χ3n) is 3.42. The molecule has 0 saturated carbocycles. The zero-order valence-electron chi connectivity index (χ0n) is 12.7. The molecule has 116 valence electrons. The molecular formula is C17H18ClFN2O. The highest BCUT2D eigenvalue weighted by Crippen LogP contribution is 2.20. The van der Waals surface area contributed by atoms with E-state index in [9.17, 15) is 9.18 Å². The first-order valence-electron chi connectivity index (χ1n) is 6.96. The second kappa shape index (κ2) is 6.79. The SMILES string of the molecule is Cc1ccc([C@H](C)NC(=O)Nc2ccc(Cl)cc2F)c(C)c1. The molecule has 22 heavy (non-hydrogen) atoms. The topological polar surface area (TPSA) is 41.1 Å². The van der Waals surface area contributed by atoms with Crippen molar-refractivity contribution >= 4 is 23.3 Å². The highest BCUT2D eigenvalue weighted by molar-refractivity contribution is 6.30. The predicted octanol–water partition coefficient (Wildman–Crippen LogP) is 4.98. The number of rotatable bonds is 3. The molecule has 0 aliphatic carbocycles. The largest absolute Gasteiger partial charge is 0.331 e. The predicted molar refractivity (Wildman–Crippen MR) is 87.9 cm³/mol. The van der Waals surface area contributed by atoms with E-state index in [0.717, 1.165) is 17.2 Å². The molecule has 0 aromatic heterocycles. The van der Waals surface area contributed by atoms with Crippen molar-refractivity contribution in [3.05, 3.63) is 63.9 Å². The number of benzene rings is 2. The molecule has 0 spiro atoms. The van der Waals surface area contributed by atoms with Gasteiger partial charge in [-0.05, 0) is 50.1 Å². The van der Waals surface area contributed by atoms with Crippen LogP contribution >= 0.6 is 11.6 Å². The Labute approximate surface area is 134 Å². The number of hydrogen-bond donors (Lipinski definition) is 2. The standard InChI is InChI=1S/C17H18ClFN2O/c1-10-4-6-14(11(2)8-10)12(3)20-17(22)21-16-7-5-13(18)9-15(16)19/h4-9,12H,1-3H3,(H2,20,21,22)/t12-/m0/s1. The Morgan fingerprint density at radius 1 is 1.18 bits per heavy atom. The summed E-state index contributed by atoms with van der Waals surface area (Å²) in [4.78, 5) is 12.0. The van der Waals surface area contributed by atoms with Crippen molar-refractivity contribution in [3.8, 4) is 0 Å². The normalized spacial score (nSPS) is 11.9. The van der Waals surface area contributed by atoms with E-state index in [1.807, 2.05) is 32.9 Å². The first-order valence-corrected chi connectivity index (χ1v) is 7.34. The fourth-order valence-corrected chi connectivity index (χ4v) is 2.49. The molecule has 2 amide bonds. The van der Waals surface area contributed by atoms with E-state index in [-0.39, 0.29) is 16.8 Å². The van der Waals surface area contributed by atoms with Gasteiger partial charge >= 0.3 is 6.03 Å². The molecular weight excluding hydrogens is 303 g/mol. The molecule has 5 heteroatoms. The van der Waals surface area contributed by atoms with Gasteiger partial charge in [-0.25, -0.2) is 9.18 Å². The molecule has 0 aliphatic rings. The summed E-state index contributed by atoms with van der Waals surface area (Å²) in [6.07, 6.45) is 0. The number of carbonyl (C=O) groups excluding carboxylic acids is 1. The summed E-state index contributed by atoms with van der Waals surface area (Å²) < 4.78 is 13.7. The average molecular weight is 321 g/mol. The van der Waals surface area contributed by atoms with Gasteiger partial charge < -0.3 is 10.6 Å². The average Bonchev–Trinajstić information content (AvgIpc) is 2.41. The highest BCUT2D eigenvalue weighted by Gasteiger charge is 2.13. The van der Waals surface area contributed by atoms with E-state index in [0.29, 0.717) is 0 Å². The Bertz CT molecular complexity index is 703. The van der Waals surface area contributed by atoms with Crippen LogP contribution in [0.3, 0.4) is 0 Å². The van der Waals surface area contributed by atoms with Gasteiger partial charge in [0.15, 0.2) is 0 Å². The van der Waals surface area contributed by atoms with Crippen molar-refractivity contribution < 1.29 is 9.18 Å². The maximum Gasteiger partial charge on any atom is 0.319 e. The Hall–Kier alpha value is -2.07. The third-order valence-corrected chi connectivity index (χ3v) is 3.65. The van der Waals surface area contributed by atoms with E-state index in [1.165, 1.54) is 17.7 Å². The lowest BCUT2D eigenvalue weighted by Crippen LogP contribution is -2.31. The van der Waals surface area contributed by atoms with Crippen molar-refractivity contribution in [1.82, 2.24) is 5.32 Å². The molecule has 0 bridgehead atoms. The Morgan fingerprint density at radius 3 is 2.55 bits per heavy atom. The Balaban J connectivity index is 2.05. The van der Waals surface area contributed by atoms with Gasteiger partial charge in [0.05, 0.1) is 11.7 Å². The minimum atomic E-state index is -0.568. The van der Waals surface area contributed by atoms with Gasteiger partial charge in [0, 0.05) is 5.02 Å². The van der Waals surface area contributed by atoms with Gasteiger partial charge in [-0.2, -0.15) is 0 Å². The molecule has 2 rings (SSSR count). The molecule has 0 saturated heterocycles. The second-order valence-corrected chi connectivity index (χ2v) is 5.74. The van der Waals surface area contributed by atoms with Crippen molar-refractivity contribution in [1.29, 1.82) is 0 Å². The van der Waals surface area contributed by atoms with Gasteiger partial charge in [0.2, 0.25) is 0 Å². The molecule has 0 radical (unpaired) electrons. The number of halogens is 2. The third kappa shape index (κ3) is 3.98. The van der Waals surface area contributed by atoms with Crippen LogP contribution in [0.25, 0.3) is 0 Å². The summed E-state index contributed by atoms with van der Waals surface area (Å²) in [6.45, 7) is 5.90. The summed E-state index contributed by atoms with van der Waals surface area (Å²) in [5, 5.41) is 5.57. The molecule has 0 aliphatic heterocycles. The van der Waals surface area contributed by atoms with Gasteiger partial charge in [0.25, 0.3) is 0 Å². The van der Waals surface area contributed by atoms with Crippen LogP contribution in [0.15, 0.2) is 36.4 Å². The number of hydrogen-bond acceptors (Lipinski definition) is 1. The number of carbonyl (C=O) groups is 1. The number of nitrogens with one attached hydrogen (secondary N) is 2. The fraction of sp³-hybridized carbons (Fsp3) is 0.235. The molecule has 2 N–H and O–H groups in total. The summed E-state index contributed by atoms with van der Waals surface area (Å²) in [7, 11) is 0. The molecule has 0 heterocycles. The van der Waals surface area contributed by atoms with Crippen LogP contribution in [0, 0.1) is 19.7 Å². The van der Waals surface area contributed by atoms with Crippen LogP contribution in [0.4, 0.5) is 14.9 Å². The Morgan fingerprint density at radius 2 is 1.91 bits per heavy atom. The number of aryl methyl sites for hydroxylation is 2. The molecule has 0 fully saturated rings. The molecule has 1 atom stereocenters. The lowest BCUT2D eigenvalue weighted by molar-refractivity contribution is 0.249. The second-order valence-electron chi connectivity index (χ2n) is 5.30. The minimum Gasteiger partial charge on any atom is -0.331 e. The van der Waals surface area contributed by atoms with Gasteiger partial charge in [-0.1, -0.05) is 35.4 Å². The maximum absolute atomic E-state index is 13.7. The van der Waals surface area contributed by atoms with Crippen molar-refractivity contribution in [3.63, 3.8) is 0 Å². The van der Waals surface area contributed by atoms with Crippen LogP contribution in [-0.4, -0.2) is 6.03 Å². The number of anilines is 1. The highest BCUT2D eigenvalue weighted by atomic mass is 35.5. The fourth-order valence-electron chi connectivity index (χ4n) is 2.34. The minimum absolute atomic E-state index is 0.0923. The quantitative estimate of drug-likeness (QED) is 0.823. The molecule has 2 aromatic rings. The van der Waals surface area contributed by atoms with Crippen molar-refractivity contribution in [2.75, 3.05) is 5.32 Å². The van der Waals surface area contributed by atoms with Gasteiger partial charge in [-0.15, -0.1) is 0 Å². The lowest BCUT2D eigenvalue weighted by atomic mass is 10.0. The summed E-state index contributed by atoms with van der Waals surface area (Å²) in [5.74, 6) is -0.568. The van der Waals surface area contributed by atoms with Crippen LogP contribution in [0.1, 0.15) is 29.7 Å². The van der Waals surface area contributed by atoms with E-state index in [2.05, 4.69) is 16.7 Å². The van der Waals surface area contributed by atoms with Crippen LogP contribution in [0.5, 0.6) is 0 Å². The summed E-state index contributed by atoms with van der Waals surface area (Å²) in [5.41, 5.74) is 3.39. The maximum atomic E-state index is 13.7. The van der Waals surface area contributed by atoms with Crippen molar-refractivity contribution in [2.45, 2.75) is 26.8 Å². The van der Waals surface area contributed by atoms with Gasteiger partial charge in [-0.3, -0.25) is 0 Å². The molecule has 3 nitrogen and oxygen atoms in total. The monoisotopic (exact) mass is 320 g/mol. The van der Waals surface area contributed by atoms with E-state index in [1.54, 1.807) is 0 Å². The molecule has 2 aromatic carbocycles. The number of amides is 2. The zero-order chi connectivity index (χ0) is 16.3. The van der Waals surface area contributed by atoms with E-state index >= 15 is 0 Å². The number of urea groups is 1. The zero-order valence-corrected chi connectivity index (χ0v) is 13.5. The van der Waals surface area contributed by atoms with Crippen LogP contribution < -0.4 is 10.6 Å². The van der Waals surface area contributed by atoms with Crippen LogP contribution in [0.2, 0.25) is 5.02 Å².